The van der Waals surface area contributed by atoms with Crippen LogP contribution in [-0.4, -0.2) is 25.0 Å². The smallest absolute Gasteiger partial charge is 0.344 e. The molecule has 1 aromatic heterocycles. The number of aryl methyl sites for hydroxylation is 1. The van der Waals surface area contributed by atoms with E-state index in [9.17, 15) is 14.4 Å². The number of carbonyl (C=O) groups excluding carboxylic acids is 2. The summed E-state index contributed by atoms with van der Waals surface area (Å²) in [5.74, 6) is -0.418. The fourth-order valence-corrected chi connectivity index (χ4v) is 2.32. The van der Waals surface area contributed by atoms with Gasteiger partial charge in [-0.1, -0.05) is 34.1 Å². The molecular formula is C20H24O6. The zero-order chi connectivity index (χ0) is 19.3. The van der Waals surface area contributed by atoms with Crippen LogP contribution in [0.15, 0.2) is 33.5 Å². The van der Waals surface area contributed by atoms with Crippen molar-refractivity contribution in [2.45, 2.75) is 40.5 Å². The molecule has 0 aliphatic carbocycles. The van der Waals surface area contributed by atoms with Crippen LogP contribution in [0.2, 0.25) is 0 Å². The van der Waals surface area contributed by atoms with Gasteiger partial charge >= 0.3 is 11.6 Å². The van der Waals surface area contributed by atoms with Crippen molar-refractivity contribution in [3.05, 3.63) is 40.2 Å². The summed E-state index contributed by atoms with van der Waals surface area (Å²) in [6.45, 7) is 6.70. The van der Waals surface area contributed by atoms with E-state index in [1.165, 1.54) is 6.07 Å². The first-order chi connectivity index (χ1) is 12.2. The molecule has 1 aromatic carbocycles. The molecule has 0 radical (unpaired) electrons. The van der Waals surface area contributed by atoms with Crippen LogP contribution in [0, 0.1) is 5.41 Å². The normalized spacial score (nSPS) is 11.4. The molecule has 1 heterocycles. The Hall–Kier alpha value is -2.63. The number of carbonyl (C=O) groups is 2. The van der Waals surface area contributed by atoms with E-state index in [-0.39, 0.29) is 19.0 Å². The number of benzene rings is 1. The molecule has 0 aliphatic heterocycles. The Labute approximate surface area is 152 Å². The maximum absolute atomic E-state index is 11.7. The predicted octanol–water partition coefficient (Wildman–Crippen LogP) is 3.28. The van der Waals surface area contributed by atoms with Gasteiger partial charge in [0.1, 0.15) is 11.3 Å². The van der Waals surface area contributed by atoms with Crippen molar-refractivity contribution in [1.82, 2.24) is 0 Å². The number of rotatable bonds is 7. The Kier molecular flexibility index (Phi) is 6.18. The van der Waals surface area contributed by atoms with E-state index in [2.05, 4.69) is 0 Å². The predicted molar refractivity (Wildman–Crippen MR) is 97.4 cm³/mol. The lowest BCUT2D eigenvalue weighted by Gasteiger charge is -2.16. The third-order valence-electron chi connectivity index (χ3n) is 3.88. The molecule has 0 unspecified atom stereocenters. The Morgan fingerprint density at radius 2 is 1.85 bits per heavy atom. The molecule has 0 spiro atoms. The van der Waals surface area contributed by atoms with Gasteiger partial charge in [-0.3, -0.25) is 4.79 Å². The Morgan fingerprint density at radius 1 is 1.12 bits per heavy atom. The molecule has 140 valence electrons. The third kappa shape index (κ3) is 5.18. The third-order valence-corrected chi connectivity index (χ3v) is 3.88. The standard InChI is InChI=1S/C20H24O6/c1-5-6-13-9-18(22)26-16-10-14(7-8-15(13)16)24-12-19(23)25-11-17(21)20(2,3)4/h7-10H,5-6,11-12H2,1-4H3. The van der Waals surface area contributed by atoms with Crippen LogP contribution in [0.4, 0.5) is 0 Å². The van der Waals surface area contributed by atoms with Gasteiger partial charge in [-0.25, -0.2) is 9.59 Å². The molecule has 0 amide bonds. The van der Waals surface area contributed by atoms with Crippen LogP contribution >= 0.6 is 0 Å². The monoisotopic (exact) mass is 360 g/mol. The molecule has 2 aromatic rings. The highest BCUT2D eigenvalue weighted by Crippen LogP contribution is 2.23. The van der Waals surface area contributed by atoms with Crippen molar-refractivity contribution in [3.8, 4) is 5.75 Å². The van der Waals surface area contributed by atoms with Gasteiger partial charge in [0.25, 0.3) is 0 Å². The summed E-state index contributed by atoms with van der Waals surface area (Å²) in [6.07, 6.45) is 1.69. The number of fused-ring (bicyclic) bond motifs is 1. The fourth-order valence-electron chi connectivity index (χ4n) is 2.32. The average Bonchev–Trinajstić information content (AvgIpc) is 2.56. The first-order valence-corrected chi connectivity index (χ1v) is 8.59. The maximum Gasteiger partial charge on any atom is 0.344 e. The molecule has 0 bridgehead atoms. The van der Waals surface area contributed by atoms with E-state index >= 15 is 0 Å². The Bertz CT molecular complexity index is 857. The zero-order valence-electron chi connectivity index (χ0n) is 15.6. The molecule has 0 saturated carbocycles. The van der Waals surface area contributed by atoms with E-state index in [4.69, 9.17) is 13.9 Å². The minimum Gasteiger partial charge on any atom is -0.482 e. The molecular weight excluding hydrogens is 336 g/mol. The van der Waals surface area contributed by atoms with E-state index in [1.807, 2.05) is 6.92 Å². The van der Waals surface area contributed by atoms with Crippen molar-refractivity contribution in [2.75, 3.05) is 13.2 Å². The molecule has 0 N–H and O–H groups in total. The fraction of sp³-hybridized carbons (Fsp3) is 0.450. The highest BCUT2D eigenvalue weighted by atomic mass is 16.6. The summed E-state index contributed by atoms with van der Waals surface area (Å²) in [6, 6.07) is 6.57. The molecule has 0 atom stereocenters. The van der Waals surface area contributed by atoms with Crippen molar-refractivity contribution in [3.63, 3.8) is 0 Å². The van der Waals surface area contributed by atoms with Gasteiger partial charge in [-0.2, -0.15) is 0 Å². The first-order valence-electron chi connectivity index (χ1n) is 8.59. The number of hydrogen-bond donors (Lipinski definition) is 0. The summed E-state index contributed by atoms with van der Waals surface area (Å²) >= 11 is 0. The number of ether oxygens (including phenoxy) is 2. The van der Waals surface area contributed by atoms with Crippen LogP contribution < -0.4 is 10.4 Å². The Balaban J connectivity index is 2.02. The summed E-state index contributed by atoms with van der Waals surface area (Å²) in [5, 5.41) is 0.845. The minimum atomic E-state index is -0.635. The van der Waals surface area contributed by atoms with Gasteiger partial charge in [0.15, 0.2) is 19.0 Å². The van der Waals surface area contributed by atoms with E-state index in [0.29, 0.717) is 11.3 Å². The van der Waals surface area contributed by atoms with E-state index in [0.717, 1.165) is 23.8 Å². The number of esters is 1. The quantitative estimate of drug-likeness (QED) is 0.557. The van der Waals surface area contributed by atoms with Crippen LogP contribution in [0.3, 0.4) is 0 Å². The molecule has 2 rings (SSSR count). The van der Waals surface area contributed by atoms with Gasteiger partial charge in [-0.05, 0) is 24.1 Å². The van der Waals surface area contributed by atoms with Crippen LogP contribution in [-0.2, 0) is 20.7 Å². The number of ketones is 1. The largest absolute Gasteiger partial charge is 0.482 e. The van der Waals surface area contributed by atoms with Gasteiger partial charge in [0.2, 0.25) is 0 Å². The topological polar surface area (TPSA) is 82.8 Å². The summed E-state index contributed by atoms with van der Waals surface area (Å²) in [7, 11) is 0. The van der Waals surface area contributed by atoms with E-state index < -0.39 is 17.0 Å². The first kappa shape index (κ1) is 19.7. The lowest BCUT2D eigenvalue weighted by Crippen LogP contribution is -2.27. The second kappa shape index (κ2) is 8.17. The van der Waals surface area contributed by atoms with E-state index in [1.54, 1.807) is 39.0 Å². The van der Waals surface area contributed by atoms with Gasteiger partial charge in [-0.15, -0.1) is 0 Å². The summed E-state index contributed by atoms with van der Waals surface area (Å²) in [4.78, 5) is 35.2. The van der Waals surface area contributed by atoms with Gasteiger partial charge < -0.3 is 13.9 Å². The minimum absolute atomic E-state index is 0.165. The van der Waals surface area contributed by atoms with Crippen molar-refractivity contribution in [2.24, 2.45) is 5.41 Å². The maximum atomic E-state index is 11.7. The van der Waals surface area contributed by atoms with Gasteiger partial charge in [0, 0.05) is 22.9 Å². The van der Waals surface area contributed by atoms with Crippen LogP contribution in [0.1, 0.15) is 39.7 Å². The van der Waals surface area contributed by atoms with Crippen molar-refractivity contribution < 1.29 is 23.5 Å². The van der Waals surface area contributed by atoms with Crippen LogP contribution in [0.25, 0.3) is 11.0 Å². The zero-order valence-corrected chi connectivity index (χ0v) is 15.6. The number of hydrogen-bond acceptors (Lipinski definition) is 6. The summed E-state index contributed by atoms with van der Waals surface area (Å²) < 4.78 is 15.5. The van der Waals surface area contributed by atoms with Crippen molar-refractivity contribution >= 4 is 22.7 Å². The molecule has 6 nitrogen and oxygen atoms in total. The number of Topliss-reactive ketones (excluding diaryl/α,β-unsaturated/α-hetero) is 1. The second-order valence-electron chi connectivity index (χ2n) is 7.12. The molecule has 0 fully saturated rings. The molecule has 6 heteroatoms. The average molecular weight is 360 g/mol. The second-order valence-corrected chi connectivity index (χ2v) is 7.12. The molecule has 0 saturated heterocycles. The SMILES string of the molecule is CCCc1cc(=O)oc2cc(OCC(=O)OCC(=O)C(C)(C)C)ccc12. The van der Waals surface area contributed by atoms with Crippen molar-refractivity contribution in [1.29, 1.82) is 0 Å². The molecule has 0 aliphatic rings. The highest BCUT2D eigenvalue weighted by Gasteiger charge is 2.22. The summed E-state index contributed by atoms with van der Waals surface area (Å²) in [5.41, 5.74) is 0.353. The van der Waals surface area contributed by atoms with Crippen LogP contribution in [0.5, 0.6) is 5.75 Å². The molecule has 26 heavy (non-hydrogen) atoms. The Morgan fingerprint density at radius 3 is 2.50 bits per heavy atom. The lowest BCUT2D eigenvalue weighted by atomic mass is 9.91. The van der Waals surface area contributed by atoms with Gasteiger partial charge in [0.05, 0.1) is 0 Å². The highest BCUT2D eigenvalue weighted by molar-refractivity contribution is 5.87. The lowest BCUT2D eigenvalue weighted by molar-refractivity contribution is -0.151.